The van der Waals surface area contributed by atoms with Crippen LogP contribution in [-0.2, 0) is 11.2 Å². The molecule has 0 fully saturated rings. The van der Waals surface area contributed by atoms with Crippen molar-refractivity contribution in [3.63, 3.8) is 0 Å². The summed E-state index contributed by atoms with van der Waals surface area (Å²) in [7, 11) is 0. The molecule has 20 heavy (non-hydrogen) atoms. The Hall–Kier alpha value is -2.04. The first-order chi connectivity index (χ1) is 9.56. The predicted octanol–water partition coefficient (Wildman–Crippen LogP) is 3.01. The Bertz CT molecular complexity index is 443. The first-order valence-corrected chi connectivity index (χ1v) is 6.96. The zero-order valence-electron chi connectivity index (χ0n) is 12.0. The van der Waals surface area contributed by atoms with Crippen LogP contribution >= 0.6 is 0 Å². The minimum atomic E-state index is -1.00. The summed E-state index contributed by atoms with van der Waals surface area (Å²) >= 11 is 0. The number of hydrogen-bond donors (Lipinski definition) is 3. The number of unbranched alkanes of at least 4 members (excludes halogenated alkanes) is 1. The van der Waals surface area contributed by atoms with Crippen LogP contribution in [0.2, 0.25) is 0 Å². The lowest BCUT2D eigenvalue weighted by atomic mass is 10.1. The van der Waals surface area contributed by atoms with E-state index in [-0.39, 0.29) is 0 Å². The van der Waals surface area contributed by atoms with Gasteiger partial charge in [0.25, 0.3) is 0 Å². The van der Waals surface area contributed by atoms with Gasteiger partial charge in [0.15, 0.2) is 0 Å². The van der Waals surface area contributed by atoms with E-state index in [0.717, 1.165) is 19.3 Å². The van der Waals surface area contributed by atoms with E-state index < -0.39 is 18.0 Å². The third-order valence-electron chi connectivity index (χ3n) is 3.07. The molecule has 0 saturated heterocycles. The molecule has 1 atom stereocenters. The second kappa shape index (κ2) is 8.19. The zero-order chi connectivity index (χ0) is 15.0. The van der Waals surface area contributed by atoms with Crippen LogP contribution in [0, 0.1) is 0 Å². The molecule has 0 heterocycles. The highest BCUT2D eigenvalue weighted by molar-refractivity contribution is 5.92. The number of urea groups is 1. The van der Waals surface area contributed by atoms with Crippen molar-refractivity contribution in [2.75, 3.05) is 5.32 Å². The number of aliphatic carboxylic acids is 1. The van der Waals surface area contributed by atoms with E-state index in [1.54, 1.807) is 12.1 Å². The van der Waals surface area contributed by atoms with Gasteiger partial charge in [0.1, 0.15) is 6.04 Å². The summed E-state index contributed by atoms with van der Waals surface area (Å²) in [5, 5.41) is 14.2. The molecule has 5 nitrogen and oxygen atoms in total. The van der Waals surface area contributed by atoms with E-state index in [9.17, 15) is 9.59 Å². The largest absolute Gasteiger partial charge is 0.480 e. The van der Waals surface area contributed by atoms with Gasteiger partial charge >= 0.3 is 12.0 Å². The Balaban J connectivity index is 2.53. The summed E-state index contributed by atoms with van der Waals surface area (Å²) in [5.74, 6) is -1.00. The molecule has 1 unspecified atom stereocenters. The van der Waals surface area contributed by atoms with Gasteiger partial charge in [-0.25, -0.2) is 9.59 Å². The molecule has 0 spiro atoms. The summed E-state index contributed by atoms with van der Waals surface area (Å²) in [5.41, 5.74) is 1.83. The number of carboxylic acid groups (broad SMARTS) is 1. The van der Waals surface area contributed by atoms with E-state index >= 15 is 0 Å². The van der Waals surface area contributed by atoms with Crippen molar-refractivity contribution in [1.82, 2.24) is 5.32 Å². The number of nitrogens with one attached hydrogen (secondary N) is 2. The summed E-state index contributed by atoms with van der Waals surface area (Å²) in [6, 6.07) is 6.14. The Kier molecular flexibility index (Phi) is 6.56. The van der Waals surface area contributed by atoms with E-state index in [4.69, 9.17) is 5.11 Å². The van der Waals surface area contributed by atoms with Crippen molar-refractivity contribution in [1.29, 1.82) is 0 Å². The number of anilines is 1. The van der Waals surface area contributed by atoms with Crippen molar-refractivity contribution in [2.45, 2.75) is 45.6 Å². The molecule has 5 heteroatoms. The number of rotatable bonds is 7. The second-order valence-corrected chi connectivity index (χ2v) is 4.68. The zero-order valence-corrected chi connectivity index (χ0v) is 12.0. The number of hydrogen-bond acceptors (Lipinski definition) is 2. The Morgan fingerprint density at radius 3 is 2.35 bits per heavy atom. The van der Waals surface area contributed by atoms with Crippen LogP contribution in [0.15, 0.2) is 24.3 Å². The van der Waals surface area contributed by atoms with Gasteiger partial charge < -0.3 is 15.7 Å². The standard InChI is InChI=1S/C15H22N2O3/c1-3-5-6-13(14(18)19)17-15(20)16-12-9-7-11(4-2)8-10-12/h7-10,13H,3-6H2,1-2H3,(H,18,19)(H2,16,17,20). The van der Waals surface area contributed by atoms with Gasteiger partial charge in [-0.1, -0.05) is 38.8 Å². The Morgan fingerprint density at radius 2 is 1.85 bits per heavy atom. The number of amides is 2. The highest BCUT2D eigenvalue weighted by Gasteiger charge is 2.18. The molecule has 0 aliphatic carbocycles. The molecule has 0 bridgehead atoms. The number of aryl methyl sites for hydroxylation is 1. The van der Waals surface area contributed by atoms with Gasteiger partial charge in [0, 0.05) is 5.69 Å². The minimum Gasteiger partial charge on any atom is -0.480 e. The van der Waals surface area contributed by atoms with Crippen LogP contribution in [0.1, 0.15) is 38.7 Å². The van der Waals surface area contributed by atoms with E-state index in [0.29, 0.717) is 12.1 Å². The topological polar surface area (TPSA) is 78.4 Å². The van der Waals surface area contributed by atoms with E-state index in [2.05, 4.69) is 17.6 Å². The van der Waals surface area contributed by atoms with Crippen LogP contribution in [0.5, 0.6) is 0 Å². The first-order valence-electron chi connectivity index (χ1n) is 6.96. The lowest BCUT2D eigenvalue weighted by Gasteiger charge is -2.14. The molecule has 1 aromatic carbocycles. The van der Waals surface area contributed by atoms with Crippen molar-refractivity contribution in [3.8, 4) is 0 Å². The van der Waals surface area contributed by atoms with Crippen molar-refractivity contribution >= 4 is 17.7 Å². The summed E-state index contributed by atoms with van der Waals surface area (Å²) in [6.45, 7) is 4.04. The van der Waals surface area contributed by atoms with Crippen LogP contribution in [0.3, 0.4) is 0 Å². The molecular formula is C15H22N2O3. The quantitative estimate of drug-likeness (QED) is 0.717. The van der Waals surface area contributed by atoms with Crippen molar-refractivity contribution < 1.29 is 14.7 Å². The summed E-state index contributed by atoms with van der Waals surface area (Å²) < 4.78 is 0. The third-order valence-corrected chi connectivity index (χ3v) is 3.07. The van der Waals surface area contributed by atoms with Crippen molar-refractivity contribution in [3.05, 3.63) is 29.8 Å². The molecule has 2 amide bonds. The fourth-order valence-corrected chi connectivity index (χ4v) is 1.81. The van der Waals surface area contributed by atoms with Gasteiger partial charge in [0.2, 0.25) is 0 Å². The van der Waals surface area contributed by atoms with Crippen LogP contribution in [0.25, 0.3) is 0 Å². The molecule has 0 aliphatic heterocycles. The van der Waals surface area contributed by atoms with Crippen molar-refractivity contribution in [2.24, 2.45) is 0 Å². The monoisotopic (exact) mass is 278 g/mol. The molecule has 1 rings (SSSR count). The average molecular weight is 278 g/mol. The number of benzene rings is 1. The van der Waals surface area contributed by atoms with E-state index in [1.165, 1.54) is 5.56 Å². The maximum Gasteiger partial charge on any atom is 0.326 e. The molecule has 110 valence electrons. The SMILES string of the molecule is CCCCC(NC(=O)Nc1ccc(CC)cc1)C(=O)O. The first kappa shape index (κ1) is 16.0. The second-order valence-electron chi connectivity index (χ2n) is 4.68. The highest BCUT2D eigenvalue weighted by atomic mass is 16.4. The maximum atomic E-state index is 11.8. The molecule has 0 radical (unpaired) electrons. The number of carbonyl (C=O) groups is 2. The molecular weight excluding hydrogens is 256 g/mol. The summed E-state index contributed by atoms with van der Waals surface area (Å²) in [6.07, 6.45) is 3.03. The van der Waals surface area contributed by atoms with Crippen LogP contribution in [0.4, 0.5) is 10.5 Å². The smallest absolute Gasteiger partial charge is 0.326 e. The molecule has 3 N–H and O–H groups in total. The molecule has 0 saturated carbocycles. The fraction of sp³-hybridized carbons (Fsp3) is 0.467. The minimum absolute atomic E-state index is 0.439. The molecule has 1 aromatic rings. The van der Waals surface area contributed by atoms with E-state index in [1.807, 2.05) is 19.1 Å². The number of carbonyl (C=O) groups excluding carboxylic acids is 1. The van der Waals surface area contributed by atoms with Gasteiger partial charge in [-0.05, 0) is 30.5 Å². The Labute approximate surface area is 119 Å². The number of carboxylic acids is 1. The predicted molar refractivity (Wildman–Crippen MR) is 78.9 cm³/mol. The molecule has 0 aliphatic rings. The summed E-state index contributed by atoms with van der Waals surface area (Å²) in [4.78, 5) is 22.8. The fourth-order valence-electron chi connectivity index (χ4n) is 1.81. The van der Waals surface area contributed by atoms with Crippen LogP contribution in [-0.4, -0.2) is 23.1 Å². The average Bonchev–Trinajstić information content (AvgIpc) is 2.44. The third kappa shape index (κ3) is 5.30. The van der Waals surface area contributed by atoms with Gasteiger partial charge in [-0.3, -0.25) is 0 Å². The van der Waals surface area contributed by atoms with Gasteiger partial charge in [-0.2, -0.15) is 0 Å². The van der Waals surface area contributed by atoms with Gasteiger partial charge in [0.05, 0.1) is 0 Å². The normalized spacial score (nSPS) is 11.7. The molecule has 0 aromatic heterocycles. The van der Waals surface area contributed by atoms with Crippen LogP contribution < -0.4 is 10.6 Å². The Morgan fingerprint density at radius 1 is 1.20 bits per heavy atom. The van der Waals surface area contributed by atoms with Gasteiger partial charge in [-0.15, -0.1) is 0 Å². The highest BCUT2D eigenvalue weighted by Crippen LogP contribution is 2.10. The lowest BCUT2D eigenvalue weighted by molar-refractivity contribution is -0.139. The lowest BCUT2D eigenvalue weighted by Crippen LogP contribution is -2.42. The maximum absolute atomic E-state index is 11.8.